The normalized spacial score (nSPS) is 22.6. The van der Waals surface area contributed by atoms with Crippen LogP contribution in [0.15, 0.2) is 18.2 Å². The smallest absolute Gasteiger partial charge is 0.279 e. The van der Waals surface area contributed by atoms with Crippen LogP contribution in [-0.4, -0.2) is 45.2 Å². The molecular weight excluding hydrogens is 264 g/mol. The van der Waals surface area contributed by atoms with Gasteiger partial charge in [-0.3, -0.25) is 4.79 Å². The molecule has 20 heavy (non-hydrogen) atoms. The van der Waals surface area contributed by atoms with Crippen molar-refractivity contribution in [2.24, 2.45) is 0 Å². The third kappa shape index (κ3) is 3.98. The Kier molecular flexibility index (Phi) is 5.03. The minimum absolute atomic E-state index is 0.0358. The zero-order chi connectivity index (χ0) is 14.5. The van der Waals surface area contributed by atoms with Gasteiger partial charge in [0.25, 0.3) is 5.91 Å². The van der Waals surface area contributed by atoms with Gasteiger partial charge in [0.1, 0.15) is 37.8 Å². The number of anilines is 1. The fourth-order valence-corrected chi connectivity index (χ4v) is 2.50. The van der Waals surface area contributed by atoms with Gasteiger partial charge >= 0.3 is 0 Å². The number of benzene rings is 1. The van der Waals surface area contributed by atoms with Crippen molar-refractivity contribution >= 4 is 11.6 Å². The lowest BCUT2D eigenvalue weighted by molar-refractivity contribution is -1.01. The maximum absolute atomic E-state index is 13.4. The molecule has 0 bridgehead atoms. The van der Waals surface area contributed by atoms with Crippen molar-refractivity contribution in [2.45, 2.75) is 6.92 Å². The highest BCUT2D eigenvalue weighted by molar-refractivity contribution is 5.91. The number of rotatable bonds is 4. The molecule has 6 heteroatoms. The van der Waals surface area contributed by atoms with Crippen LogP contribution in [0.25, 0.3) is 0 Å². The Morgan fingerprint density at radius 3 is 2.45 bits per heavy atom. The van der Waals surface area contributed by atoms with Crippen molar-refractivity contribution in [1.82, 2.24) is 0 Å². The van der Waals surface area contributed by atoms with Crippen LogP contribution >= 0.6 is 0 Å². The van der Waals surface area contributed by atoms with E-state index in [-0.39, 0.29) is 11.6 Å². The Morgan fingerprint density at radius 1 is 1.20 bits per heavy atom. The molecule has 1 aromatic carbocycles. The van der Waals surface area contributed by atoms with Crippen LogP contribution in [0.2, 0.25) is 0 Å². The third-order valence-electron chi connectivity index (χ3n) is 3.78. The number of hydrogen-bond acceptors (Lipinski definition) is 1. The van der Waals surface area contributed by atoms with Gasteiger partial charge < -0.3 is 15.1 Å². The zero-order valence-corrected chi connectivity index (χ0v) is 11.6. The maximum Gasteiger partial charge on any atom is 0.279 e. The number of likely N-dealkylation sites (N-methyl/N-ethyl adjacent to an activating group) is 1. The van der Waals surface area contributed by atoms with Crippen molar-refractivity contribution in [3.8, 4) is 0 Å². The minimum atomic E-state index is -0.742. The Bertz CT molecular complexity index is 473. The van der Waals surface area contributed by atoms with Gasteiger partial charge in [-0.25, -0.2) is 8.78 Å². The highest BCUT2D eigenvalue weighted by atomic mass is 19.1. The minimum Gasteiger partial charge on any atom is -0.326 e. The van der Waals surface area contributed by atoms with Crippen molar-refractivity contribution in [2.75, 3.05) is 44.6 Å². The fourth-order valence-electron chi connectivity index (χ4n) is 2.50. The number of quaternary nitrogens is 2. The van der Waals surface area contributed by atoms with Crippen LogP contribution in [0, 0.1) is 11.6 Å². The van der Waals surface area contributed by atoms with Crippen LogP contribution in [-0.2, 0) is 4.79 Å². The summed E-state index contributed by atoms with van der Waals surface area (Å²) in [6.45, 7) is 7.61. The van der Waals surface area contributed by atoms with Crippen molar-refractivity contribution < 1.29 is 23.4 Å². The number of halogens is 2. The number of hydrogen-bond donors (Lipinski definition) is 3. The summed E-state index contributed by atoms with van der Waals surface area (Å²) < 4.78 is 26.2. The van der Waals surface area contributed by atoms with Gasteiger partial charge in [0.15, 0.2) is 6.54 Å². The molecule has 0 spiro atoms. The average molecular weight is 285 g/mol. The summed E-state index contributed by atoms with van der Waals surface area (Å²) in [6.07, 6.45) is 0. The average Bonchev–Trinajstić information content (AvgIpc) is 2.43. The Balaban J connectivity index is 1.84. The molecule has 0 saturated carbocycles. The van der Waals surface area contributed by atoms with Crippen LogP contribution in [0.4, 0.5) is 14.5 Å². The van der Waals surface area contributed by atoms with Crippen LogP contribution in [0.1, 0.15) is 6.92 Å². The lowest BCUT2D eigenvalue weighted by atomic mass is 10.3. The zero-order valence-electron chi connectivity index (χ0n) is 11.6. The standard InChI is InChI=1S/C14H19F2N3O/c1-2-18-5-7-19(8-6-18)10-14(20)17-13-4-3-11(15)9-12(13)16/h3-4,9H,2,5-8,10H2,1H3,(H,17,20)/p+2. The molecule has 1 heterocycles. The predicted octanol–water partition coefficient (Wildman–Crippen LogP) is -1.29. The monoisotopic (exact) mass is 285 g/mol. The molecule has 1 aliphatic heterocycles. The Morgan fingerprint density at radius 2 is 1.85 bits per heavy atom. The second-order valence-electron chi connectivity index (χ2n) is 5.20. The molecule has 1 amide bonds. The van der Waals surface area contributed by atoms with E-state index in [1.54, 1.807) is 4.90 Å². The van der Waals surface area contributed by atoms with Gasteiger partial charge in [-0.1, -0.05) is 0 Å². The van der Waals surface area contributed by atoms with Crippen LogP contribution in [0.5, 0.6) is 0 Å². The van der Waals surface area contributed by atoms with Crippen molar-refractivity contribution in [3.63, 3.8) is 0 Å². The molecule has 1 aromatic rings. The molecule has 110 valence electrons. The summed E-state index contributed by atoms with van der Waals surface area (Å²) in [7, 11) is 0. The molecule has 0 aromatic heterocycles. The van der Waals surface area contributed by atoms with E-state index in [2.05, 4.69) is 12.2 Å². The van der Waals surface area contributed by atoms with Crippen molar-refractivity contribution in [1.29, 1.82) is 0 Å². The number of nitrogens with one attached hydrogen (secondary N) is 3. The second-order valence-corrected chi connectivity index (χ2v) is 5.20. The molecule has 0 unspecified atom stereocenters. The molecular formula is C14H21F2N3O+2. The van der Waals surface area contributed by atoms with Gasteiger partial charge in [-0.2, -0.15) is 0 Å². The highest BCUT2D eigenvalue weighted by Gasteiger charge is 2.23. The Labute approximate surface area is 117 Å². The number of carbonyl (C=O) groups is 1. The molecule has 0 atom stereocenters. The van der Waals surface area contributed by atoms with Gasteiger partial charge in [0.05, 0.1) is 12.2 Å². The summed E-state index contributed by atoms with van der Waals surface area (Å²) in [5.74, 6) is -1.62. The summed E-state index contributed by atoms with van der Waals surface area (Å²) >= 11 is 0. The second kappa shape index (κ2) is 6.76. The Hall–Kier alpha value is -1.53. The fraction of sp³-hybridized carbons (Fsp3) is 0.500. The first-order valence-electron chi connectivity index (χ1n) is 7.00. The highest BCUT2D eigenvalue weighted by Crippen LogP contribution is 2.14. The molecule has 3 N–H and O–H groups in total. The SMILES string of the molecule is CC[NH+]1CC[NH+](CC(=O)Nc2ccc(F)cc2F)CC1. The summed E-state index contributed by atoms with van der Waals surface area (Å²) in [6, 6.07) is 3.15. The first-order valence-corrected chi connectivity index (χ1v) is 7.00. The number of carbonyl (C=O) groups excluding carboxylic acids is 1. The molecule has 0 radical (unpaired) electrons. The van der Waals surface area contributed by atoms with E-state index in [1.807, 2.05) is 0 Å². The number of piperazine rings is 1. The van der Waals surface area contributed by atoms with Gasteiger partial charge in [0, 0.05) is 6.07 Å². The van der Waals surface area contributed by atoms with Crippen LogP contribution < -0.4 is 15.1 Å². The van der Waals surface area contributed by atoms with E-state index in [9.17, 15) is 13.6 Å². The first kappa shape index (κ1) is 14.9. The summed E-state index contributed by atoms with van der Waals surface area (Å²) in [4.78, 5) is 14.6. The largest absolute Gasteiger partial charge is 0.326 e. The van der Waals surface area contributed by atoms with Crippen LogP contribution in [0.3, 0.4) is 0 Å². The summed E-state index contributed by atoms with van der Waals surface area (Å²) in [5.41, 5.74) is 0.0358. The maximum atomic E-state index is 13.4. The topological polar surface area (TPSA) is 38.0 Å². The van der Waals surface area contributed by atoms with E-state index in [1.165, 1.54) is 11.0 Å². The van der Waals surface area contributed by atoms with Gasteiger partial charge in [0.2, 0.25) is 0 Å². The third-order valence-corrected chi connectivity index (χ3v) is 3.78. The predicted molar refractivity (Wildman–Crippen MR) is 71.8 cm³/mol. The van der Waals surface area contributed by atoms with E-state index in [0.717, 1.165) is 44.9 Å². The van der Waals surface area contributed by atoms with E-state index < -0.39 is 11.6 Å². The summed E-state index contributed by atoms with van der Waals surface area (Å²) in [5, 5.41) is 2.50. The van der Waals surface area contributed by atoms with E-state index in [4.69, 9.17) is 0 Å². The quantitative estimate of drug-likeness (QED) is 0.632. The molecule has 1 aliphatic rings. The van der Waals surface area contributed by atoms with Crippen molar-refractivity contribution in [3.05, 3.63) is 29.8 Å². The van der Waals surface area contributed by atoms with E-state index in [0.29, 0.717) is 6.54 Å². The molecule has 1 saturated heterocycles. The molecule has 1 fully saturated rings. The molecule has 2 rings (SSSR count). The molecule has 4 nitrogen and oxygen atoms in total. The molecule has 0 aliphatic carbocycles. The van der Waals surface area contributed by atoms with Gasteiger partial charge in [-0.05, 0) is 19.1 Å². The lowest BCUT2D eigenvalue weighted by Gasteiger charge is -2.28. The van der Waals surface area contributed by atoms with E-state index >= 15 is 0 Å². The number of amides is 1. The lowest BCUT2D eigenvalue weighted by Crippen LogP contribution is -3.28. The first-order chi connectivity index (χ1) is 9.58. The van der Waals surface area contributed by atoms with Gasteiger partial charge in [-0.15, -0.1) is 0 Å².